The van der Waals surface area contributed by atoms with Gasteiger partial charge >= 0.3 is 0 Å². The van der Waals surface area contributed by atoms with Gasteiger partial charge < -0.3 is 19.3 Å². The molecule has 194 valence electrons. The van der Waals surface area contributed by atoms with Crippen LogP contribution in [-0.2, 0) is 16.0 Å². The molecule has 9 heteroatoms. The fraction of sp³-hybridized carbons (Fsp3) is 0.357. The van der Waals surface area contributed by atoms with E-state index in [-0.39, 0.29) is 43.0 Å². The summed E-state index contributed by atoms with van der Waals surface area (Å²) < 4.78 is 40.2. The molecule has 2 aliphatic heterocycles. The highest BCUT2D eigenvalue weighted by Crippen LogP contribution is 2.34. The van der Waals surface area contributed by atoms with Crippen molar-refractivity contribution in [1.29, 1.82) is 0 Å². The van der Waals surface area contributed by atoms with Gasteiger partial charge in [0.25, 0.3) is 5.91 Å². The Morgan fingerprint density at radius 3 is 2.62 bits per heavy atom. The number of nitrogens with zero attached hydrogens (tertiary/aromatic N) is 2. The third kappa shape index (κ3) is 5.67. The summed E-state index contributed by atoms with van der Waals surface area (Å²) >= 11 is 1.62. The van der Waals surface area contributed by atoms with E-state index in [0.717, 1.165) is 23.3 Å². The summed E-state index contributed by atoms with van der Waals surface area (Å²) in [6, 6.07) is 13.5. The predicted octanol–water partition coefficient (Wildman–Crippen LogP) is 4.85. The zero-order valence-electron chi connectivity index (χ0n) is 20.3. The SMILES string of the molecule is O=C(c1ccccc1F)N(CC(=O)N1CCc2sccc2C1COc1ccccc1F)CC1CCCO1. The number of carbonyl (C=O) groups excluding carboxylic acids is 2. The average molecular weight is 527 g/mol. The Labute approximate surface area is 218 Å². The Balaban J connectivity index is 1.37. The average Bonchev–Trinajstić information content (AvgIpc) is 3.60. The van der Waals surface area contributed by atoms with Gasteiger partial charge in [-0.15, -0.1) is 11.3 Å². The number of fused-ring (bicyclic) bond motifs is 1. The van der Waals surface area contributed by atoms with Crippen molar-refractivity contribution in [2.45, 2.75) is 31.4 Å². The molecule has 6 nitrogen and oxygen atoms in total. The topological polar surface area (TPSA) is 59.1 Å². The Morgan fingerprint density at radius 1 is 1.08 bits per heavy atom. The van der Waals surface area contributed by atoms with Crippen molar-refractivity contribution < 1.29 is 27.8 Å². The van der Waals surface area contributed by atoms with Gasteiger partial charge in [0.2, 0.25) is 5.91 Å². The number of carbonyl (C=O) groups is 2. The van der Waals surface area contributed by atoms with Gasteiger partial charge in [-0.05, 0) is 60.5 Å². The van der Waals surface area contributed by atoms with E-state index in [9.17, 15) is 18.4 Å². The Bertz CT molecular complexity index is 1260. The lowest BCUT2D eigenvalue weighted by molar-refractivity contribution is -0.135. The largest absolute Gasteiger partial charge is 0.488 e. The molecule has 0 N–H and O–H groups in total. The molecule has 1 aromatic heterocycles. The third-order valence-corrected chi connectivity index (χ3v) is 7.81. The maximum atomic E-state index is 14.5. The minimum Gasteiger partial charge on any atom is -0.488 e. The summed E-state index contributed by atoms with van der Waals surface area (Å²) in [6.45, 7) is 1.10. The lowest BCUT2D eigenvalue weighted by Gasteiger charge is -2.37. The summed E-state index contributed by atoms with van der Waals surface area (Å²) in [5, 5.41) is 1.97. The molecule has 5 rings (SSSR count). The molecular weight excluding hydrogens is 498 g/mol. The van der Waals surface area contributed by atoms with E-state index in [1.165, 1.54) is 29.2 Å². The molecule has 2 amide bonds. The zero-order valence-corrected chi connectivity index (χ0v) is 21.1. The van der Waals surface area contributed by atoms with E-state index < -0.39 is 23.6 Å². The van der Waals surface area contributed by atoms with E-state index in [1.807, 2.05) is 11.4 Å². The van der Waals surface area contributed by atoms with Gasteiger partial charge in [0.15, 0.2) is 11.6 Å². The van der Waals surface area contributed by atoms with Crippen LogP contribution in [0, 0.1) is 11.6 Å². The first-order valence-electron chi connectivity index (χ1n) is 12.4. The first kappa shape index (κ1) is 25.4. The maximum absolute atomic E-state index is 14.5. The monoisotopic (exact) mass is 526 g/mol. The lowest BCUT2D eigenvalue weighted by atomic mass is 10.00. The summed E-state index contributed by atoms with van der Waals surface area (Å²) in [7, 11) is 0. The minimum absolute atomic E-state index is 0.0728. The minimum atomic E-state index is -0.630. The molecule has 1 fully saturated rings. The van der Waals surface area contributed by atoms with Crippen LogP contribution in [0.3, 0.4) is 0 Å². The summed E-state index contributed by atoms with van der Waals surface area (Å²) in [4.78, 5) is 31.3. The summed E-state index contributed by atoms with van der Waals surface area (Å²) in [5.41, 5.74) is 0.888. The fourth-order valence-electron chi connectivity index (χ4n) is 4.92. The molecule has 0 bridgehead atoms. The van der Waals surface area contributed by atoms with E-state index in [4.69, 9.17) is 9.47 Å². The van der Waals surface area contributed by atoms with Crippen molar-refractivity contribution >= 4 is 23.2 Å². The zero-order chi connectivity index (χ0) is 25.8. The Kier molecular flexibility index (Phi) is 7.81. The number of ether oxygens (including phenoxy) is 2. The van der Waals surface area contributed by atoms with Crippen LogP contribution in [-0.4, -0.2) is 60.6 Å². The second kappa shape index (κ2) is 11.4. The highest BCUT2D eigenvalue weighted by atomic mass is 32.1. The van der Waals surface area contributed by atoms with Gasteiger partial charge in [-0.2, -0.15) is 0 Å². The fourth-order valence-corrected chi connectivity index (χ4v) is 5.85. The molecule has 3 heterocycles. The van der Waals surface area contributed by atoms with Gasteiger partial charge in [0, 0.05) is 24.6 Å². The molecular formula is C28H28F2N2O4S. The number of hydrogen-bond donors (Lipinski definition) is 0. The van der Waals surface area contributed by atoms with Crippen LogP contribution in [0.4, 0.5) is 8.78 Å². The number of hydrogen-bond acceptors (Lipinski definition) is 5. The highest BCUT2D eigenvalue weighted by molar-refractivity contribution is 7.10. The maximum Gasteiger partial charge on any atom is 0.257 e. The highest BCUT2D eigenvalue weighted by Gasteiger charge is 2.35. The van der Waals surface area contributed by atoms with Crippen LogP contribution < -0.4 is 4.74 Å². The molecule has 2 unspecified atom stereocenters. The third-order valence-electron chi connectivity index (χ3n) is 6.81. The second-order valence-corrected chi connectivity index (χ2v) is 10.2. The van der Waals surface area contributed by atoms with Crippen molar-refractivity contribution in [2.24, 2.45) is 0 Å². The normalized spacial score (nSPS) is 18.9. The van der Waals surface area contributed by atoms with Crippen LogP contribution in [0.15, 0.2) is 60.0 Å². The number of para-hydroxylation sites is 1. The molecule has 0 spiro atoms. The van der Waals surface area contributed by atoms with Gasteiger partial charge in [0.05, 0.1) is 17.7 Å². The molecule has 3 aromatic rings. The van der Waals surface area contributed by atoms with Crippen LogP contribution in [0.1, 0.15) is 39.7 Å². The van der Waals surface area contributed by atoms with Crippen LogP contribution in [0.25, 0.3) is 0 Å². The van der Waals surface area contributed by atoms with E-state index in [0.29, 0.717) is 19.6 Å². The Morgan fingerprint density at radius 2 is 1.86 bits per heavy atom. The van der Waals surface area contributed by atoms with Gasteiger partial charge in [-0.1, -0.05) is 24.3 Å². The van der Waals surface area contributed by atoms with E-state index >= 15 is 0 Å². The smallest absolute Gasteiger partial charge is 0.257 e. The van der Waals surface area contributed by atoms with Gasteiger partial charge in [-0.25, -0.2) is 8.78 Å². The number of amides is 2. The van der Waals surface area contributed by atoms with Gasteiger partial charge in [-0.3, -0.25) is 9.59 Å². The number of benzene rings is 2. The van der Waals surface area contributed by atoms with Crippen molar-refractivity contribution in [3.05, 3.63) is 87.6 Å². The predicted molar refractivity (Wildman–Crippen MR) is 136 cm³/mol. The molecule has 2 aromatic carbocycles. The van der Waals surface area contributed by atoms with Crippen molar-refractivity contribution in [1.82, 2.24) is 9.80 Å². The van der Waals surface area contributed by atoms with E-state index in [2.05, 4.69) is 0 Å². The van der Waals surface area contributed by atoms with Crippen LogP contribution >= 0.6 is 11.3 Å². The molecule has 2 atom stereocenters. The van der Waals surface area contributed by atoms with Crippen molar-refractivity contribution in [2.75, 3.05) is 32.8 Å². The molecule has 1 saturated heterocycles. The standard InChI is InChI=1S/C28H28F2N2O4S/c29-22-8-2-1-7-20(22)28(34)31(16-19-6-5-14-35-19)17-27(33)32-13-11-26-21(12-15-37-26)24(32)18-36-25-10-4-3-9-23(25)30/h1-4,7-10,12,15,19,24H,5-6,11,13-14,16-18H2. The molecule has 0 aliphatic carbocycles. The number of halogens is 2. The number of thiophene rings is 1. The van der Waals surface area contributed by atoms with Gasteiger partial charge in [0.1, 0.15) is 19.0 Å². The Hall–Kier alpha value is -3.30. The molecule has 37 heavy (non-hydrogen) atoms. The molecule has 0 radical (unpaired) electrons. The lowest BCUT2D eigenvalue weighted by Crippen LogP contribution is -2.49. The second-order valence-electron chi connectivity index (χ2n) is 9.19. The summed E-state index contributed by atoms with van der Waals surface area (Å²) in [5.74, 6) is -1.81. The first-order chi connectivity index (χ1) is 18.0. The van der Waals surface area contributed by atoms with Crippen LogP contribution in [0.2, 0.25) is 0 Å². The number of rotatable bonds is 8. The van der Waals surface area contributed by atoms with Crippen molar-refractivity contribution in [3.63, 3.8) is 0 Å². The molecule has 0 saturated carbocycles. The van der Waals surface area contributed by atoms with Crippen molar-refractivity contribution in [3.8, 4) is 5.75 Å². The van der Waals surface area contributed by atoms with E-state index in [1.54, 1.807) is 40.5 Å². The molecule has 2 aliphatic rings. The first-order valence-corrected chi connectivity index (χ1v) is 13.3. The summed E-state index contributed by atoms with van der Waals surface area (Å²) in [6.07, 6.45) is 2.13. The quantitative estimate of drug-likeness (QED) is 0.421. The van der Waals surface area contributed by atoms with Crippen LogP contribution in [0.5, 0.6) is 5.75 Å².